The molecule has 0 spiro atoms. The van der Waals surface area contributed by atoms with Crippen molar-refractivity contribution in [1.82, 2.24) is 15.5 Å². The van der Waals surface area contributed by atoms with Gasteiger partial charge in [-0.15, -0.1) is 0 Å². The van der Waals surface area contributed by atoms with Gasteiger partial charge in [0.25, 0.3) is 5.69 Å². The maximum atomic E-state index is 13.8. The summed E-state index contributed by atoms with van der Waals surface area (Å²) in [6.07, 6.45) is 2.83. The summed E-state index contributed by atoms with van der Waals surface area (Å²) >= 11 is 0. The number of non-ortho nitro benzene ring substituents is 1. The molecule has 0 radical (unpaired) electrons. The lowest BCUT2D eigenvalue weighted by molar-refractivity contribution is -0.384. The highest BCUT2D eigenvalue weighted by Gasteiger charge is 2.41. The predicted molar refractivity (Wildman–Crippen MR) is 181 cm³/mol. The van der Waals surface area contributed by atoms with E-state index in [0.29, 0.717) is 35.6 Å². The van der Waals surface area contributed by atoms with Crippen LogP contribution in [-0.4, -0.2) is 60.1 Å². The highest BCUT2D eigenvalue weighted by Crippen LogP contribution is 2.42. The van der Waals surface area contributed by atoms with E-state index in [2.05, 4.69) is 81.2 Å². The molecule has 2 aliphatic rings. The molecule has 1 fully saturated rings. The van der Waals surface area contributed by atoms with Crippen molar-refractivity contribution in [2.24, 2.45) is 10.9 Å². The Morgan fingerprint density at radius 2 is 1.50 bits per heavy atom. The Morgan fingerprint density at radius 3 is 2.04 bits per heavy atom. The Labute approximate surface area is 271 Å². The SMILES string of the molecule is CCNC(=O)C1C(C)=NC(C)=C(C(=O)NCCCN2CCC(c3ccccc3)(c3ccccc3)CC2)C1c1ccc([N+](=O)[O-])cc1. The molecule has 9 heteroatoms. The minimum atomic E-state index is -0.700. The summed E-state index contributed by atoms with van der Waals surface area (Å²) in [6.45, 7) is 9.13. The summed E-state index contributed by atoms with van der Waals surface area (Å²) in [5, 5.41) is 17.3. The fraction of sp³-hybridized carbons (Fsp3) is 0.378. The average molecular weight is 622 g/mol. The monoisotopic (exact) mass is 621 g/mol. The molecule has 3 aromatic carbocycles. The van der Waals surface area contributed by atoms with Gasteiger partial charge >= 0.3 is 0 Å². The van der Waals surface area contributed by atoms with Crippen molar-refractivity contribution < 1.29 is 14.5 Å². The second-order valence-corrected chi connectivity index (χ2v) is 12.2. The number of benzene rings is 3. The molecule has 9 nitrogen and oxygen atoms in total. The molecule has 2 atom stereocenters. The molecule has 2 N–H and O–H groups in total. The molecule has 0 saturated carbocycles. The Morgan fingerprint density at radius 1 is 0.913 bits per heavy atom. The van der Waals surface area contributed by atoms with Gasteiger partial charge in [0.05, 0.1) is 10.8 Å². The van der Waals surface area contributed by atoms with Gasteiger partial charge < -0.3 is 15.5 Å². The first-order valence-corrected chi connectivity index (χ1v) is 16.1. The molecule has 3 aromatic rings. The van der Waals surface area contributed by atoms with E-state index >= 15 is 0 Å². The number of carbonyl (C=O) groups excluding carboxylic acids is 2. The molecule has 0 bridgehead atoms. The number of nitro groups is 1. The van der Waals surface area contributed by atoms with Crippen molar-refractivity contribution >= 4 is 23.2 Å². The molecule has 0 aromatic heterocycles. The van der Waals surface area contributed by atoms with Gasteiger partial charge in [-0.1, -0.05) is 72.8 Å². The predicted octanol–water partition coefficient (Wildman–Crippen LogP) is 5.77. The zero-order valence-corrected chi connectivity index (χ0v) is 26.9. The number of nitrogens with zero attached hydrogens (tertiary/aromatic N) is 3. The summed E-state index contributed by atoms with van der Waals surface area (Å²) < 4.78 is 0. The number of amides is 2. The normalized spacial score (nSPS) is 19.7. The van der Waals surface area contributed by atoms with E-state index in [0.717, 1.165) is 38.9 Å². The van der Waals surface area contributed by atoms with Crippen LogP contribution in [-0.2, 0) is 15.0 Å². The number of hydrogen-bond donors (Lipinski definition) is 2. The Balaban J connectivity index is 1.25. The van der Waals surface area contributed by atoms with Crippen molar-refractivity contribution in [2.75, 3.05) is 32.7 Å². The van der Waals surface area contributed by atoms with Crippen LogP contribution < -0.4 is 10.6 Å². The molecule has 46 heavy (non-hydrogen) atoms. The number of carbonyl (C=O) groups is 2. The first kappa shape index (κ1) is 32.8. The number of aliphatic imine (C=N–C) groups is 1. The maximum Gasteiger partial charge on any atom is 0.269 e. The lowest BCUT2D eigenvalue weighted by Crippen LogP contribution is -2.44. The van der Waals surface area contributed by atoms with Crippen molar-refractivity contribution in [3.63, 3.8) is 0 Å². The number of allylic oxidation sites excluding steroid dienone is 1. The van der Waals surface area contributed by atoms with E-state index in [1.807, 2.05) is 6.92 Å². The van der Waals surface area contributed by atoms with Crippen molar-refractivity contribution in [2.45, 2.75) is 51.4 Å². The van der Waals surface area contributed by atoms with Crippen molar-refractivity contribution in [3.05, 3.63) is 123 Å². The number of likely N-dealkylation sites (tertiary alicyclic amines) is 1. The fourth-order valence-corrected chi connectivity index (χ4v) is 7.14. The quantitative estimate of drug-likeness (QED) is 0.160. The molecule has 2 aliphatic heterocycles. The number of nitrogens with one attached hydrogen (secondary N) is 2. The van der Waals surface area contributed by atoms with Gasteiger partial charge in [0, 0.05) is 53.5 Å². The first-order chi connectivity index (χ1) is 22.2. The van der Waals surface area contributed by atoms with Crippen LogP contribution in [0.5, 0.6) is 0 Å². The average Bonchev–Trinajstić information content (AvgIpc) is 3.07. The van der Waals surface area contributed by atoms with Crippen molar-refractivity contribution in [1.29, 1.82) is 0 Å². The molecule has 2 heterocycles. The summed E-state index contributed by atoms with van der Waals surface area (Å²) in [6, 6.07) is 27.7. The molecular formula is C37H43N5O4. The van der Waals surface area contributed by atoms with Gasteiger partial charge in [-0.05, 0) is 76.4 Å². The Bertz CT molecular complexity index is 1550. The van der Waals surface area contributed by atoms with Crippen LogP contribution in [0, 0.1) is 16.0 Å². The highest BCUT2D eigenvalue weighted by molar-refractivity contribution is 6.09. The van der Waals surface area contributed by atoms with Crippen LogP contribution in [0.25, 0.3) is 0 Å². The lowest BCUT2D eigenvalue weighted by atomic mass is 9.68. The third-order valence-electron chi connectivity index (χ3n) is 9.47. The minimum absolute atomic E-state index is 0.00957. The van der Waals surface area contributed by atoms with Crippen LogP contribution in [0.4, 0.5) is 5.69 Å². The second kappa shape index (κ2) is 14.6. The molecule has 5 rings (SSSR count). The number of rotatable bonds is 11. The van der Waals surface area contributed by atoms with Gasteiger partial charge in [-0.3, -0.25) is 24.7 Å². The van der Waals surface area contributed by atoms with Crippen molar-refractivity contribution in [3.8, 4) is 0 Å². The number of nitro benzene ring substituents is 1. The van der Waals surface area contributed by atoms with E-state index in [9.17, 15) is 19.7 Å². The molecule has 240 valence electrons. The van der Waals surface area contributed by atoms with E-state index in [-0.39, 0.29) is 22.9 Å². The summed E-state index contributed by atoms with van der Waals surface area (Å²) in [4.78, 5) is 44.9. The van der Waals surface area contributed by atoms with Gasteiger partial charge in [-0.2, -0.15) is 0 Å². The molecule has 2 amide bonds. The van der Waals surface area contributed by atoms with E-state index in [1.165, 1.54) is 23.3 Å². The van der Waals surface area contributed by atoms with Crippen LogP contribution in [0.3, 0.4) is 0 Å². The molecule has 1 saturated heterocycles. The van der Waals surface area contributed by atoms with E-state index in [1.54, 1.807) is 26.0 Å². The maximum absolute atomic E-state index is 13.8. The van der Waals surface area contributed by atoms with Gasteiger partial charge in [0.1, 0.15) is 0 Å². The largest absolute Gasteiger partial charge is 0.356 e. The zero-order chi connectivity index (χ0) is 32.7. The third kappa shape index (κ3) is 6.94. The number of piperidine rings is 1. The van der Waals surface area contributed by atoms with Crippen LogP contribution in [0.1, 0.15) is 62.6 Å². The molecular weight excluding hydrogens is 578 g/mol. The van der Waals surface area contributed by atoms with Crippen LogP contribution in [0.15, 0.2) is 101 Å². The molecule has 2 unspecified atom stereocenters. The Kier molecular flexibility index (Phi) is 10.4. The first-order valence-electron chi connectivity index (χ1n) is 16.1. The smallest absolute Gasteiger partial charge is 0.269 e. The lowest BCUT2D eigenvalue weighted by Gasteiger charge is -2.43. The second-order valence-electron chi connectivity index (χ2n) is 12.2. The third-order valence-corrected chi connectivity index (χ3v) is 9.47. The summed E-state index contributed by atoms with van der Waals surface area (Å²) in [5.74, 6) is -1.81. The van der Waals surface area contributed by atoms with Gasteiger partial charge in [0.2, 0.25) is 11.8 Å². The topological polar surface area (TPSA) is 117 Å². The van der Waals surface area contributed by atoms with E-state index in [4.69, 9.17) is 0 Å². The van der Waals surface area contributed by atoms with Gasteiger partial charge in [0.15, 0.2) is 0 Å². The summed E-state index contributed by atoms with van der Waals surface area (Å²) in [5.41, 5.74) is 4.90. The number of hydrogen-bond acceptors (Lipinski definition) is 6. The zero-order valence-electron chi connectivity index (χ0n) is 26.9. The minimum Gasteiger partial charge on any atom is -0.356 e. The fourth-order valence-electron chi connectivity index (χ4n) is 7.14. The Hall–Kier alpha value is -4.63. The van der Waals surface area contributed by atoms with Crippen LogP contribution in [0.2, 0.25) is 0 Å². The van der Waals surface area contributed by atoms with E-state index < -0.39 is 16.8 Å². The molecule has 0 aliphatic carbocycles. The van der Waals surface area contributed by atoms with Crippen LogP contribution >= 0.6 is 0 Å². The van der Waals surface area contributed by atoms with Gasteiger partial charge in [-0.25, -0.2) is 0 Å². The highest BCUT2D eigenvalue weighted by atomic mass is 16.6. The summed E-state index contributed by atoms with van der Waals surface area (Å²) in [7, 11) is 0. The standard InChI is InChI=1S/C37H43N5O4/c1-4-38-35(43)32-26(2)40-27(3)33(34(32)28-16-18-31(19-17-28)42(45)46)36(44)39-22-11-23-41-24-20-37(21-25-41,29-12-7-5-8-13-29)30-14-9-6-10-15-30/h5-10,12-19,32,34H,4,11,20-25H2,1-3H3,(H,38,43)(H,39,44).